The Balaban J connectivity index is 1.30. The van der Waals surface area contributed by atoms with E-state index in [1.807, 2.05) is 39.7 Å². The fourth-order valence-corrected chi connectivity index (χ4v) is 5.62. The van der Waals surface area contributed by atoms with Crippen LogP contribution in [0, 0.1) is 12.8 Å². The van der Waals surface area contributed by atoms with E-state index < -0.39 is 0 Å². The Kier molecular flexibility index (Phi) is 5.91. The summed E-state index contributed by atoms with van der Waals surface area (Å²) in [5.41, 5.74) is 5.43. The summed E-state index contributed by atoms with van der Waals surface area (Å²) in [6, 6.07) is 16.0. The quantitative estimate of drug-likeness (QED) is 0.396. The van der Waals surface area contributed by atoms with Crippen molar-refractivity contribution in [1.82, 2.24) is 24.5 Å². The van der Waals surface area contributed by atoms with Gasteiger partial charge < -0.3 is 9.80 Å². The summed E-state index contributed by atoms with van der Waals surface area (Å²) in [5, 5.41) is 4.89. The average molecular weight is 481 g/mol. The zero-order valence-corrected chi connectivity index (χ0v) is 21.0. The molecule has 184 valence electrons. The molecule has 3 aromatic heterocycles. The summed E-state index contributed by atoms with van der Waals surface area (Å²) in [4.78, 5) is 27.5. The molecule has 4 aromatic rings. The standard InChI is InChI=1S/C29H32N6O/c1-20-12-15-33(18-20)28-21(2)19-35-27(31-28)17-24(32-35)26-10-6-7-14-34(26)29(36)25-16-23(11-13-30-25)22-8-4-3-5-9-22/h3-5,8-9,11,13,16-17,19-20,26H,6-7,10,12,14-15,18H2,1-2H3. The number of aryl methyl sites for hydroxylation is 1. The van der Waals surface area contributed by atoms with Crippen LogP contribution in [-0.4, -0.2) is 50.0 Å². The molecule has 2 aliphatic heterocycles. The Bertz CT molecular complexity index is 1400. The van der Waals surface area contributed by atoms with Gasteiger partial charge in [0.2, 0.25) is 0 Å². The summed E-state index contributed by atoms with van der Waals surface area (Å²) < 4.78 is 1.87. The van der Waals surface area contributed by atoms with Crippen molar-refractivity contribution >= 4 is 17.4 Å². The van der Waals surface area contributed by atoms with Crippen molar-refractivity contribution in [2.75, 3.05) is 24.5 Å². The van der Waals surface area contributed by atoms with E-state index in [0.717, 1.165) is 66.2 Å². The molecule has 2 atom stereocenters. The van der Waals surface area contributed by atoms with E-state index in [2.05, 4.69) is 48.1 Å². The molecule has 2 unspecified atom stereocenters. The van der Waals surface area contributed by atoms with E-state index in [9.17, 15) is 4.79 Å². The Morgan fingerprint density at radius 2 is 1.86 bits per heavy atom. The van der Waals surface area contributed by atoms with Gasteiger partial charge in [0.05, 0.1) is 11.7 Å². The van der Waals surface area contributed by atoms with Crippen LogP contribution in [0.4, 0.5) is 5.82 Å². The van der Waals surface area contributed by atoms with Gasteiger partial charge in [-0.25, -0.2) is 9.50 Å². The minimum atomic E-state index is -0.0781. The first kappa shape index (κ1) is 22.7. The summed E-state index contributed by atoms with van der Waals surface area (Å²) in [6.45, 7) is 7.20. The number of piperidine rings is 1. The van der Waals surface area contributed by atoms with Crippen LogP contribution >= 0.6 is 0 Å². The monoisotopic (exact) mass is 480 g/mol. The van der Waals surface area contributed by atoms with Crippen molar-refractivity contribution in [3.8, 4) is 11.1 Å². The van der Waals surface area contributed by atoms with Crippen molar-refractivity contribution in [3.63, 3.8) is 0 Å². The van der Waals surface area contributed by atoms with E-state index in [0.29, 0.717) is 18.2 Å². The maximum atomic E-state index is 13.7. The van der Waals surface area contributed by atoms with Gasteiger partial charge in [0.15, 0.2) is 5.65 Å². The lowest BCUT2D eigenvalue weighted by molar-refractivity contribution is 0.0599. The fourth-order valence-electron chi connectivity index (χ4n) is 5.62. The van der Waals surface area contributed by atoms with E-state index in [1.165, 1.54) is 6.42 Å². The molecular weight excluding hydrogens is 448 g/mol. The number of fused-ring (bicyclic) bond motifs is 1. The van der Waals surface area contributed by atoms with Gasteiger partial charge in [-0.15, -0.1) is 0 Å². The highest BCUT2D eigenvalue weighted by Crippen LogP contribution is 2.33. The fraction of sp³-hybridized carbons (Fsp3) is 0.379. The molecule has 1 aromatic carbocycles. The third kappa shape index (κ3) is 4.23. The molecule has 1 amide bonds. The summed E-state index contributed by atoms with van der Waals surface area (Å²) in [6.07, 6.45) is 7.96. The number of hydrogen-bond acceptors (Lipinski definition) is 5. The largest absolute Gasteiger partial charge is 0.356 e. The highest BCUT2D eigenvalue weighted by molar-refractivity contribution is 5.94. The molecule has 7 heteroatoms. The van der Waals surface area contributed by atoms with Crippen molar-refractivity contribution < 1.29 is 4.79 Å². The van der Waals surface area contributed by atoms with Gasteiger partial charge in [-0.2, -0.15) is 5.10 Å². The van der Waals surface area contributed by atoms with Crippen molar-refractivity contribution in [2.24, 2.45) is 5.92 Å². The first-order chi connectivity index (χ1) is 17.6. The minimum absolute atomic E-state index is 0.0366. The number of nitrogens with zero attached hydrogens (tertiary/aromatic N) is 6. The van der Waals surface area contributed by atoms with E-state index in [-0.39, 0.29) is 11.9 Å². The van der Waals surface area contributed by atoms with Crippen molar-refractivity contribution in [2.45, 2.75) is 45.6 Å². The molecule has 36 heavy (non-hydrogen) atoms. The SMILES string of the molecule is Cc1cn2nc(C3CCCCN3C(=O)c3cc(-c4ccccc4)ccn3)cc2nc1N1CCC(C)C1. The molecule has 2 saturated heterocycles. The van der Waals surface area contributed by atoms with Crippen LogP contribution in [0.3, 0.4) is 0 Å². The van der Waals surface area contributed by atoms with Crippen LogP contribution in [0.2, 0.25) is 0 Å². The second kappa shape index (κ2) is 9.37. The Hall–Kier alpha value is -3.74. The topological polar surface area (TPSA) is 66.6 Å². The zero-order valence-electron chi connectivity index (χ0n) is 21.0. The zero-order chi connectivity index (χ0) is 24.6. The molecule has 7 nitrogen and oxygen atoms in total. The Morgan fingerprint density at radius 1 is 1.00 bits per heavy atom. The lowest BCUT2D eigenvalue weighted by Crippen LogP contribution is -2.39. The third-order valence-electron chi connectivity index (χ3n) is 7.54. The Labute approximate surface area is 211 Å². The highest BCUT2D eigenvalue weighted by Gasteiger charge is 2.32. The number of hydrogen-bond donors (Lipinski definition) is 0. The molecule has 2 fully saturated rings. The average Bonchev–Trinajstić information content (AvgIpc) is 3.54. The predicted molar refractivity (Wildman–Crippen MR) is 141 cm³/mol. The van der Waals surface area contributed by atoms with E-state index in [4.69, 9.17) is 10.1 Å². The van der Waals surface area contributed by atoms with Gasteiger partial charge in [-0.3, -0.25) is 9.78 Å². The molecule has 0 N–H and O–H groups in total. The van der Waals surface area contributed by atoms with Crippen LogP contribution < -0.4 is 4.90 Å². The summed E-state index contributed by atoms with van der Waals surface area (Å²) in [5.74, 6) is 1.71. The van der Waals surface area contributed by atoms with Gasteiger partial charge in [0.25, 0.3) is 5.91 Å². The van der Waals surface area contributed by atoms with Gasteiger partial charge in [-0.05, 0) is 61.8 Å². The smallest absolute Gasteiger partial charge is 0.273 e. The normalized spacial score (nSPS) is 20.3. The summed E-state index contributed by atoms with van der Waals surface area (Å²) >= 11 is 0. The maximum absolute atomic E-state index is 13.7. The van der Waals surface area contributed by atoms with Gasteiger partial charge in [0, 0.05) is 43.7 Å². The highest BCUT2D eigenvalue weighted by atomic mass is 16.2. The minimum Gasteiger partial charge on any atom is -0.356 e. The molecule has 0 saturated carbocycles. The lowest BCUT2D eigenvalue weighted by atomic mass is 9.98. The number of likely N-dealkylation sites (tertiary alicyclic amines) is 1. The number of aromatic nitrogens is 4. The summed E-state index contributed by atoms with van der Waals surface area (Å²) in [7, 11) is 0. The van der Waals surface area contributed by atoms with E-state index in [1.54, 1.807) is 6.20 Å². The predicted octanol–water partition coefficient (Wildman–Crippen LogP) is 5.31. The van der Waals surface area contributed by atoms with Crippen molar-refractivity contribution in [1.29, 1.82) is 0 Å². The van der Waals surface area contributed by atoms with Crippen LogP contribution in [0.5, 0.6) is 0 Å². The second-order valence-corrected chi connectivity index (χ2v) is 10.3. The van der Waals surface area contributed by atoms with Crippen LogP contribution in [0.15, 0.2) is 60.9 Å². The number of pyridine rings is 1. The molecule has 0 radical (unpaired) electrons. The maximum Gasteiger partial charge on any atom is 0.273 e. The molecule has 0 spiro atoms. The van der Waals surface area contributed by atoms with Crippen LogP contribution in [0.25, 0.3) is 16.8 Å². The first-order valence-corrected chi connectivity index (χ1v) is 13.0. The second-order valence-electron chi connectivity index (χ2n) is 10.3. The van der Waals surface area contributed by atoms with Crippen LogP contribution in [0.1, 0.15) is 60.4 Å². The van der Waals surface area contributed by atoms with Gasteiger partial charge in [0.1, 0.15) is 11.5 Å². The van der Waals surface area contributed by atoms with Gasteiger partial charge in [-0.1, -0.05) is 37.3 Å². The molecular formula is C29H32N6O. The van der Waals surface area contributed by atoms with Gasteiger partial charge >= 0.3 is 0 Å². The Morgan fingerprint density at radius 3 is 2.67 bits per heavy atom. The molecule has 5 heterocycles. The number of benzene rings is 1. The van der Waals surface area contributed by atoms with Crippen LogP contribution in [-0.2, 0) is 0 Å². The molecule has 0 aliphatic carbocycles. The number of amides is 1. The first-order valence-electron chi connectivity index (χ1n) is 13.0. The lowest BCUT2D eigenvalue weighted by Gasteiger charge is -2.34. The third-order valence-corrected chi connectivity index (χ3v) is 7.54. The van der Waals surface area contributed by atoms with E-state index >= 15 is 0 Å². The molecule has 2 aliphatic rings. The number of carbonyl (C=O) groups is 1. The molecule has 6 rings (SSSR count). The molecule has 0 bridgehead atoms. The number of carbonyl (C=O) groups excluding carboxylic acids is 1. The van der Waals surface area contributed by atoms with Crippen molar-refractivity contribution in [3.05, 3.63) is 77.9 Å². The number of rotatable bonds is 4. The number of anilines is 1.